The number of nitrogens with one attached hydrogen (secondary N) is 1. The highest BCUT2D eigenvalue weighted by Crippen LogP contribution is 2.14. The van der Waals surface area contributed by atoms with Gasteiger partial charge in [-0.15, -0.1) is 0 Å². The Kier molecular flexibility index (Phi) is 4.10. The van der Waals surface area contributed by atoms with Crippen molar-refractivity contribution in [2.24, 2.45) is 4.99 Å². The standard InChI is InChI=1S/C14H12N2O2S/c17-12-5-1-10(2-6-12)9-15-14(19)16-11-3-7-13(18)8-4-11/h1-9,17-18H,(H,16,19)/b15-9+. The van der Waals surface area contributed by atoms with Gasteiger partial charge in [-0.25, -0.2) is 4.99 Å². The third-order valence-electron chi connectivity index (χ3n) is 2.34. The SMILES string of the molecule is Oc1ccc(/C=N/C(=S)Nc2ccc(O)cc2)cc1. The van der Waals surface area contributed by atoms with Crippen molar-refractivity contribution in [3.05, 3.63) is 54.1 Å². The summed E-state index contributed by atoms with van der Waals surface area (Å²) in [5, 5.41) is 21.5. The van der Waals surface area contributed by atoms with Crippen LogP contribution in [0, 0.1) is 0 Å². The first kappa shape index (κ1) is 13.0. The smallest absolute Gasteiger partial charge is 0.197 e. The van der Waals surface area contributed by atoms with Crippen molar-refractivity contribution < 1.29 is 10.2 Å². The molecule has 2 rings (SSSR count). The molecule has 0 fully saturated rings. The maximum absolute atomic E-state index is 9.15. The average molecular weight is 272 g/mol. The van der Waals surface area contributed by atoms with Crippen molar-refractivity contribution >= 4 is 29.2 Å². The van der Waals surface area contributed by atoms with Crippen LogP contribution in [0.5, 0.6) is 11.5 Å². The van der Waals surface area contributed by atoms with Gasteiger partial charge in [0.05, 0.1) is 0 Å². The second kappa shape index (κ2) is 5.97. The van der Waals surface area contributed by atoms with Crippen LogP contribution in [-0.4, -0.2) is 21.5 Å². The Morgan fingerprint density at radius 1 is 0.947 bits per heavy atom. The van der Waals surface area contributed by atoms with Crippen molar-refractivity contribution in [1.82, 2.24) is 0 Å². The number of hydrogen-bond donors (Lipinski definition) is 3. The van der Waals surface area contributed by atoms with Gasteiger partial charge in [0.2, 0.25) is 0 Å². The summed E-state index contributed by atoms with van der Waals surface area (Å²) in [4.78, 5) is 4.09. The third kappa shape index (κ3) is 4.08. The van der Waals surface area contributed by atoms with Crippen molar-refractivity contribution in [2.75, 3.05) is 5.32 Å². The predicted octanol–water partition coefficient (Wildman–Crippen LogP) is 2.91. The number of rotatable bonds is 2. The zero-order chi connectivity index (χ0) is 13.7. The largest absolute Gasteiger partial charge is 0.508 e. The van der Waals surface area contributed by atoms with E-state index in [0.717, 1.165) is 11.3 Å². The van der Waals surface area contributed by atoms with Crippen LogP contribution in [0.3, 0.4) is 0 Å². The molecule has 0 atom stereocenters. The number of hydrogen-bond acceptors (Lipinski definition) is 3. The Labute approximate surface area is 116 Å². The summed E-state index contributed by atoms with van der Waals surface area (Å²) in [5.74, 6) is 0.408. The Bertz CT molecular complexity index is 592. The van der Waals surface area contributed by atoms with Crippen molar-refractivity contribution in [3.8, 4) is 11.5 Å². The number of aliphatic imine (C=N–C) groups is 1. The maximum atomic E-state index is 9.15. The van der Waals surface area contributed by atoms with Crippen LogP contribution >= 0.6 is 12.2 Å². The number of phenols is 2. The van der Waals surface area contributed by atoms with E-state index < -0.39 is 0 Å². The molecule has 0 aliphatic heterocycles. The molecule has 0 saturated heterocycles. The molecule has 4 nitrogen and oxygen atoms in total. The molecule has 5 heteroatoms. The molecule has 3 N–H and O–H groups in total. The normalized spacial score (nSPS) is 10.5. The lowest BCUT2D eigenvalue weighted by Crippen LogP contribution is -2.05. The molecule has 0 radical (unpaired) electrons. The highest BCUT2D eigenvalue weighted by Gasteiger charge is 1.96. The fourth-order valence-electron chi connectivity index (χ4n) is 1.39. The summed E-state index contributed by atoms with van der Waals surface area (Å²) in [7, 11) is 0. The molecule has 0 saturated carbocycles. The van der Waals surface area contributed by atoms with Crippen LogP contribution in [0.4, 0.5) is 5.69 Å². The summed E-state index contributed by atoms with van der Waals surface area (Å²) in [5.41, 5.74) is 1.60. The highest BCUT2D eigenvalue weighted by atomic mass is 32.1. The van der Waals surface area contributed by atoms with E-state index in [9.17, 15) is 0 Å². The molecule has 0 heterocycles. The fraction of sp³-hybridized carbons (Fsp3) is 0. The monoisotopic (exact) mass is 272 g/mol. The molecule has 19 heavy (non-hydrogen) atoms. The van der Waals surface area contributed by atoms with Gasteiger partial charge in [0.15, 0.2) is 5.11 Å². The minimum atomic E-state index is 0.198. The molecular weight excluding hydrogens is 260 g/mol. The summed E-state index contributed by atoms with van der Waals surface area (Å²) in [6.45, 7) is 0. The van der Waals surface area contributed by atoms with Gasteiger partial charge in [0, 0.05) is 11.9 Å². The molecule has 96 valence electrons. The van der Waals surface area contributed by atoms with E-state index in [1.807, 2.05) is 0 Å². The second-order valence-electron chi connectivity index (χ2n) is 3.83. The van der Waals surface area contributed by atoms with Gasteiger partial charge in [0.1, 0.15) is 11.5 Å². The first-order valence-electron chi connectivity index (χ1n) is 5.56. The molecular formula is C14H12N2O2S. The van der Waals surface area contributed by atoms with Gasteiger partial charge >= 0.3 is 0 Å². The lowest BCUT2D eigenvalue weighted by Gasteiger charge is -2.03. The van der Waals surface area contributed by atoms with Crippen molar-refractivity contribution in [2.45, 2.75) is 0 Å². The molecule has 2 aromatic rings. The minimum Gasteiger partial charge on any atom is -0.508 e. The average Bonchev–Trinajstić information content (AvgIpc) is 2.41. The van der Waals surface area contributed by atoms with E-state index >= 15 is 0 Å². The van der Waals surface area contributed by atoms with Crippen molar-refractivity contribution in [3.63, 3.8) is 0 Å². The van der Waals surface area contributed by atoms with Gasteiger partial charge in [-0.1, -0.05) is 0 Å². The molecule has 2 aromatic carbocycles. The minimum absolute atomic E-state index is 0.198. The van der Waals surface area contributed by atoms with Gasteiger partial charge < -0.3 is 15.5 Å². The van der Waals surface area contributed by atoms with Crippen LogP contribution in [0.25, 0.3) is 0 Å². The Morgan fingerprint density at radius 3 is 2.05 bits per heavy atom. The van der Waals surface area contributed by atoms with E-state index in [1.54, 1.807) is 54.7 Å². The topological polar surface area (TPSA) is 64.9 Å². The molecule has 0 aliphatic carbocycles. The summed E-state index contributed by atoms with van der Waals surface area (Å²) >= 11 is 5.07. The van der Waals surface area contributed by atoms with Crippen LogP contribution in [0.15, 0.2) is 53.5 Å². The van der Waals surface area contributed by atoms with Crippen LogP contribution in [-0.2, 0) is 0 Å². The number of thiocarbonyl (C=S) groups is 1. The Hall–Kier alpha value is -2.40. The van der Waals surface area contributed by atoms with Gasteiger partial charge in [-0.2, -0.15) is 0 Å². The Balaban J connectivity index is 1.97. The fourth-order valence-corrected chi connectivity index (χ4v) is 1.56. The van der Waals surface area contributed by atoms with E-state index in [-0.39, 0.29) is 11.5 Å². The molecule has 0 aliphatic rings. The zero-order valence-electron chi connectivity index (χ0n) is 9.95. The van der Waals surface area contributed by atoms with Gasteiger partial charge in [-0.05, 0) is 66.3 Å². The molecule has 0 unspecified atom stereocenters. The molecule has 0 spiro atoms. The van der Waals surface area contributed by atoms with E-state index in [2.05, 4.69) is 10.3 Å². The number of phenolic OH excluding ortho intramolecular Hbond substituents is 2. The zero-order valence-corrected chi connectivity index (χ0v) is 10.8. The molecule has 0 amide bonds. The van der Waals surface area contributed by atoms with Crippen LogP contribution in [0.2, 0.25) is 0 Å². The quantitative estimate of drug-likeness (QED) is 0.447. The maximum Gasteiger partial charge on any atom is 0.197 e. The first-order valence-corrected chi connectivity index (χ1v) is 5.97. The van der Waals surface area contributed by atoms with Crippen LogP contribution in [0.1, 0.15) is 5.56 Å². The number of benzene rings is 2. The number of aromatic hydroxyl groups is 2. The molecule has 0 bridgehead atoms. The summed E-state index contributed by atoms with van der Waals surface area (Å²) < 4.78 is 0. The summed E-state index contributed by atoms with van der Waals surface area (Å²) in [6.07, 6.45) is 1.61. The van der Waals surface area contributed by atoms with Crippen LogP contribution < -0.4 is 5.32 Å². The predicted molar refractivity (Wildman–Crippen MR) is 80.0 cm³/mol. The number of nitrogens with zero attached hydrogens (tertiary/aromatic N) is 1. The third-order valence-corrected chi connectivity index (χ3v) is 2.55. The van der Waals surface area contributed by atoms with Gasteiger partial charge in [-0.3, -0.25) is 0 Å². The lowest BCUT2D eigenvalue weighted by molar-refractivity contribution is 0.475. The van der Waals surface area contributed by atoms with E-state index in [4.69, 9.17) is 22.4 Å². The van der Waals surface area contributed by atoms with Crippen molar-refractivity contribution in [1.29, 1.82) is 0 Å². The number of anilines is 1. The summed E-state index contributed by atoms with van der Waals surface area (Å²) in [6, 6.07) is 13.2. The Morgan fingerprint density at radius 2 is 1.47 bits per heavy atom. The van der Waals surface area contributed by atoms with E-state index in [0.29, 0.717) is 5.11 Å². The van der Waals surface area contributed by atoms with E-state index in [1.165, 1.54) is 0 Å². The molecule has 0 aromatic heterocycles. The second-order valence-corrected chi connectivity index (χ2v) is 4.21. The lowest BCUT2D eigenvalue weighted by atomic mass is 10.2. The first-order chi connectivity index (χ1) is 9.13. The van der Waals surface area contributed by atoms with Gasteiger partial charge in [0.25, 0.3) is 0 Å². The highest BCUT2D eigenvalue weighted by molar-refractivity contribution is 7.80.